The first-order valence-corrected chi connectivity index (χ1v) is 6.56. The summed E-state index contributed by atoms with van der Waals surface area (Å²) in [6.45, 7) is 3.81. The van der Waals surface area contributed by atoms with Gasteiger partial charge in [0.15, 0.2) is 0 Å². The van der Waals surface area contributed by atoms with Crippen molar-refractivity contribution in [2.24, 2.45) is 0 Å². The Morgan fingerprint density at radius 1 is 1.15 bits per heavy atom. The van der Waals surface area contributed by atoms with Crippen LogP contribution in [0.15, 0.2) is 24.4 Å². The van der Waals surface area contributed by atoms with Crippen LogP contribution in [-0.4, -0.2) is 9.97 Å². The van der Waals surface area contributed by atoms with Crippen molar-refractivity contribution in [3.8, 4) is 5.88 Å². The van der Waals surface area contributed by atoms with Crippen molar-refractivity contribution in [2.75, 3.05) is 0 Å². The molecule has 3 nitrogen and oxygen atoms in total. The number of ether oxygens (including phenoxy) is 1. The van der Waals surface area contributed by atoms with E-state index in [1.54, 1.807) is 0 Å². The normalized spacial score (nSPS) is 9.70. The van der Waals surface area contributed by atoms with Crippen molar-refractivity contribution < 1.29 is 13.5 Å². The molecule has 0 saturated heterocycles. The average molecular weight is 321 g/mol. The summed E-state index contributed by atoms with van der Waals surface area (Å²) in [7, 11) is 0. The van der Waals surface area contributed by atoms with Gasteiger partial charge in [0.25, 0.3) is 5.88 Å². The third-order valence-corrected chi connectivity index (χ3v) is 2.48. The minimum atomic E-state index is -0.770. The van der Waals surface area contributed by atoms with E-state index in [2.05, 4.69) is 9.97 Å². The molecule has 0 bridgehead atoms. The Kier molecular flexibility index (Phi) is 6.61. The molecule has 1 heterocycles. The van der Waals surface area contributed by atoms with E-state index in [9.17, 15) is 8.78 Å². The van der Waals surface area contributed by atoms with Crippen LogP contribution >= 0.6 is 23.2 Å². The highest BCUT2D eigenvalue weighted by Gasteiger charge is 2.09. The van der Waals surface area contributed by atoms with Crippen molar-refractivity contribution in [2.45, 2.75) is 20.5 Å². The zero-order valence-electron chi connectivity index (χ0n) is 10.8. The predicted octanol–water partition coefficient (Wildman–Crippen LogP) is 4.67. The molecule has 2 aromatic rings. The van der Waals surface area contributed by atoms with Crippen molar-refractivity contribution in [1.82, 2.24) is 9.97 Å². The molecule has 0 N–H and O–H groups in total. The Morgan fingerprint density at radius 2 is 1.85 bits per heavy atom. The summed E-state index contributed by atoms with van der Waals surface area (Å²) in [5, 5.41) is 0.121. The first-order chi connectivity index (χ1) is 9.56. The molecule has 20 heavy (non-hydrogen) atoms. The molecule has 0 aliphatic heterocycles. The van der Waals surface area contributed by atoms with Crippen LogP contribution in [0, 0.1) is 11.6 Å². The largest absolute Gasteiger partial charge is 0.471 e. The van der Waals surface area contributed by atoms with E-state index in [1.807, 2.05) is 13.8 Å². The second kappa shape index (κ2) is 7.97. The van der Waals surface area contributed by atoms with E-state index >= 15 is 0 Å². The fraction of sp³-hybridized carbons (Fsp3) is 0.231. The van der Waals surface area contributed by atoms with Gasteiger partial charge in [-0.2, -0.15) is 9.37 Å². The maximum atomic E-state index is 13.4. The van der Waals surface area contributed by atoms with Gasteiger partial charge >= 0.3 is 0 Å². The molecule has 1 aromatic carbocycles. The highest BCUT2D eigenvalue weighted by atomic mass is 35.5. The second-order valence-corrected chi connectivity index (χ2v) is 4.09. The highest BCUT2D eigenvalue weighted by molar-refractivity contribution is 6.30. The molecule has 0 spiro atoms. The van der Waals surface area contributed by atoms with E-state index in [-0.39, 0.29) is 28.4 Å². The first-order valence-electron chi connectivity index (χ1n) is 5.81. The summed E-state index contributed by atoms with van der Waals surface area (Å²) in [5.74, 6) is -1.64. The monoisotopic (exact) mass is 320 g/mol. The van der Waals surface area contributed by atoms with Gasteiger partial charge in [0, 0.05) is 10.6 Å². The fourth-order valence-electron chi connectivity index (χ4n) is 1.22. The van der Waals surface area contributed by atoms with Crippen molar-refractivity contribution in [3.05, 3.63) is 51.9 Å². The number of nitrogens with zero attached hydrogens (tertiary/aromatic N) is 2. The molecule has 0 radical (unpaired) electrons. The standard InChI is InChI=1S/C11H6Cl2F2N2O.C2H6/c12-7-2-1-6(8(14)3-7)5-18-10-9(15)4-16-11(13)17-10;1-2/h1-4H,5H2;1-2H3. The van der Waals surface area contributed by atoms with E-state index in [0.717, 1.165) is 12.3 Å². The van der Waals surface area contributed by atoms with Crippen molar-refractivity contribution in [1.29, 1.82) is 0 Å². The SMILES string of the molecule is CC.Fc1cc(Cl)ccc1COc1nc(Cl)ncc1F. The topological polar surface area (TPSA) is 35.0 Å². The van der Waals surface area contributed by atoms with Crippen LogP contribution in [0.4, 0.5) is 8.78 Å². The van der Waals surface area contributed by atoms with Crippen LogP contribution in [0.5, 0.6) is 5.88 Å². The Morgan fingerprint density at radius 3 is 2.50 bits per heavy atom. The molecule has 108 valence electrons. The molecular formula is C13H12Cl2F2N2O. The molecular weight excluding hydrogens is 309 g/mol. The summed E-state index contributed by atoms with van der Waals surface area (Å²) in [6.07, 6.45) is 0.878. The zero-order chi connectivity index (χ0) is 15.1. The summed E-state index contributed by atoms with van der Waals surface area (Å²) in [5.41, 5.74) is 0.230. The average Bonchev–Trinajstić information content (AvgIpc) is 2.43. The molecule has 2 rings (SSSR count). The zero-order valence-corrected chi connectivity index (χ0v) is 12.3. The smallest absolute Gasteiger partial charge is 0.255 e. The van der Waals surface area contributed by atoms with Gasteiger partial charge in [-0.05, 0) is 23.7 Å². The first kappa shape index (κ1) is 16.6. The van der Waals surface area contributed by atoms with Gasteiger partial charge in [-0.3, -0.25) is 0 Å². The Hall–Kier alpha value is -1.46. The summed E-state index contributed by atoms with van der Waals surface area (Å²) in [4.78, 5) is 6.97. The minimum Gasteiger partial charge on any atom is -0.471 e. The summed E-state index contributed by atoms with van der Waals surface area (Å²) >= 11 is 11.1. The molecule has 0 fully saturated rings. The molecule has 0 amide bonds. The van der Waals surface area contributed by atoms with Crippen LogP contribution in [0.1, 0.15) is 19.4 Å². The number of benzene rings is 1. The Bertz CT molecular complexity index is 582. The lowest BCUT2D eigenvalue weighted by atomic mass is 10.2. The van der Waals surface area contributed by atoms with E-state index in [0.29, 0.717) is 0 Å². The maximum Gasteiger partial charge on any atom is 0.255 e. The van der Waals surface area contributed by atoms with Crippen LogP contribution in [0.2, 0.25) is 10.3 Å². The lowest BCUT2D eigenvalue weighted by Crippen LogP contribution is -2.02. The summed E-state index contributed by atoms with van der Waals surface area (Å²) in [6, 6.07) is 4.09. The summed E-state index contributed by atoms with van der Waals surface area (Å²) < 4.78 is 31.7. The lowest BCUT2D eigenvalue weighted by molar-refractivity contribution is 0.271. The number of hydrogen-bond acceptors (Lipinski definition) is 3. The second-order valence-electron chi connectivity index (χ2n) is 3.32. The minimum absolute atomic E-state index is 0.150. The van der Waals surface area contributed by atoms with Crippen LogP contribution in [0.3, 0.4) is 0 Å². The number of hydrogen-bond donors (Lipinski definition) is 0. The Balaban J connectivity index is 0.000000956. The maximum absolute atomic E-state index is 13.4. The third-order valence-electron chi connectivity index (χ3n) is 2.06. The van der Waals surface area contributed by atoms with Gasteiger partial charge in [0.05, 0.1) is 6.20 Å². The number of rotatable bonds is 3. The van der Waals surface area contributed by atoms with E-state index in [1.165, 1.54) is 12.1 Å². The molecule has 7 heteroatoms. The van der Waals surface area contributed by atoms with Crippen LogP contribution < -0.4 is 4.74 Å². The number of aromatic nitrogens is 2. The predicted molar refractivity (Wildman–Crippen MR) is 74.1 cm³/mol. The van der Waals surface area contributed by atoms with Gasteiger partial charge in [-0.25, -0.2) is 9.37 Å². The highest BCUT2D eigenvalue weighted by Crippen LogP contribution is 2.19. The molecule has 0 unspecified atom stereocenters. The quantitative estimate of drug-likeness (QED) is 0.771. The molecule has 0 atom stereocenters. The number of halogens is 4. The lowest BCUT2D eigenvalue weighted by Gasteiger charge is -2.07. The van der Waals surface area contributed by atoms with Gasteiger partial charge in [0.1, 0.15) is 12.4 Å². The fourth-order valence-corrected chi connectivity index (χ4v) is 1.50. The van der Waals surface area contributed by atoms with E-state index < -0.39 is 11.6 Å². The van der Waals surface area contributed by atoms with Crippen molar-refractivity contribution in [3.63, 3.8) is 0 Å². The van der Waals surface area contributed by atoms with Gasteiger partial charge in [-0.1, -0.05) is 31.5 Å². The van der Waals surface area contributed by atoms with Crippen molar-refractivity contribution >= 4 is 23.2 Å². The van der Waals surface area contributed by atoms with Gasteiger partial charge in [-0.15, -0.1) is 0 Å². The Labute approximate surface area is 125 Å². The van der Waals surface area contributed by atoms with Gasteiger partial charge in [0.2, 0.25) is 11.1 Å². The molecule has 0 saturated carbocycles. The van der Waals surface area contributed by atoms with Gasteiger partial charge < -0.3 is 4.74 Å². The third kappa shape index (κ3) is 4.58. The molecule has 0 aliphatic rings. The molecule has 1 aromatic heterocycles. The van der Waals surface area contributed by atoms with Crippen LogP contribution in [-0.2, 0) is 6.61 Å². The van der Waals surface area contributed by atoms with Crippen LogP contribution in [0.25, 0.3) is 0 Å². The molecule has 0 aliphatic carbocycles. The van der Waals surface area contributed by atoms with E-state index in [4.69, 9.17) is 27.9 Å².